The van der Waals surface area contributed by atoms with E-state index in [2.05, 4.69) is 0 Å². The van der Waals surface area contributed by atoms with Crippen LogP contribution in [0.15, 0.2) is 0 Å². The van der Waals surface area contributed by atoms with Gasteiger partial charge >= 0.3 is 0 Å². The predicted molar refractivity (Wildman–Crippen MR) is 136 cm³/mol. The van der Waals surface area contributed by atoms with E-state index in [1.54, 1.807) is 0 Å². The Morgan fingerprint density at radius 1 is 0.769 bits per heavy atom. The largest absolute Gasteiger partial charge is 0.394 e. The summed E-state index contributed by atoms with van der Waals surface area (Å²) in [4.78, 5) is 0. The number of aliphatic hydroxyl groups excluding tert-OH is 4. The predicted octanol–water partition coefficient (Wildman–Crippen LogP) is -4.85. The summed E-state index contributed by atoms with van der Waals surface area (Å²) in [6.45, 7) is -0.198. The summed E-state index contributed by atoms with van der Waals surface area (Å²) in [7, 11) is 1.52. The molecule has 228 valence electrons. The van der Waals surface area contributed by atoms with Crippen molar-refractivity contribution in [1.82, 2.24) is 0 Å². The minimum absolute atomic E-state index is 0.0463. The van der Waals surface area contributed by atoms with E-state index in [1.165, 1.54) is 7.11 Å². The van der Waals surface area contributed by atoms with Crippen LogP contribution >= 0.6 is 0 Å². The summed E-state index contributed by atoms with van der Waals surface area (Å²) in [5.41, 5.74) is 31.0. The van der Waals surface area contributed by atoms with E-state index in [0.717, 1.165) is 6.42 Å². The Morgan fingerprint density at radius 2 is 1.51 bits per heavy atom. The van der Waals surface area contributed by atoms with Crippen molar-refractivity contribution in [2.45, 2.75) is 117 Å². The van der Waals surface area contributed by atoms with Gasteiger partial charge in [0.15, 0.2) is 12.6 Å². The molecule has 4 fully saturated rings. The van der Waals surface area contributed by atoms with E-state index in [-0.39, 0.29) is 25.1 Å². The molecule has 3 aliphatic heterocycles. The minimum Gasteiger partial charge on any atom is -0.394 e. The lowest BCUT2D eigenvalue weighted by molar-refractivity contribution is -0.272. The quantitative estimate of drug-likeness (QED) is 0.127. The van der Waals surface area contributed by atoms with Gasteiger partial charge in [-0.1, -0.05) is 0 Å². The third kappa shape index (κ3) is 6.58. The highest BCUT2D eigenvalue weighted by molar-refractivity contribution is 5.05. The van der Waals surface area contributed by atoms with Gasteiger partial charge in [0.05, 0.1) is 37.1 Å². The van der Waals surface area contributed by atoms with Crippen LogP contribution in [0.4, 0.5) is 0 Å². The van der Waals surface area contributed by atoms with E-state index >= 15 is 0 Å². The first kappa shape index (κ1) is 31.3. The molecule has 0 spiro atoms. The number of hydrogen-bond donors (Lipinski definition) is 9. The maximum Gasteiger partial charge on any atom is 0.187 e. The van der Waals surface area contributed by atoms with Crippen molar-refractivity contribution >= 4 is 0 Å². The third-order valence-corrected chi connectivity index (χ3v) is 8.51. The zero-order valence-electron chi connectivity index (χ0n) is 22.3. The molecule has 1 saturated carbocycles. The molecule has 0 aromatic carbocycles. The highest BCUT2D eigenvalue weighted by atomic mass is 16.7. The van der Waals surface area contributed by atoms with Crippen molar-refractivity contribution in [2.75, 3.05) is 26.8 Å². The van der Waals surface area contributed by atoms with Gasteiger partial charge in [0.1, 0.15) is 30.5 Å². The standard InChI is InChI=1S/C24H47N5O10/c1-34-21-12(29)4-11(28)17(20-10(27)3-2-9(6-25)35-20)23(21)39-24-19(33)22(15(8-30)37-24)38-16-5-13(31)18(32)14(7-26)36-16/h9-24,30-33H,2-8,25-29H2,1H3/t9-,10+,11-,12+,13+,14-,15+,16+,17?,18-,19+,20-,21-,22+,23-,24-/m0/s1. The fourth-order valence-electron chi connectivity index (χ4n) is 6.36. The summed E-state index contributed by atoms with van der Waals surface area (Å²) >= 11 is 0. The van der Waals surface area contributed by atoms with Gasteiger partial charge in [0.25, 0.3) is 0 Å². The van der Waals surface area contributed by atoms with Crippen molar-refractivity contribution in [3.8, 4) is 0 Å². The second-order valence-electron chi connectivity index (χ2n) is 11.1. The molecule has 4 aliphatic rings. The molecule has 0 amide bonds. The molecule has 0 aromatic heterocycles. The van der Waals surface area contributed by atoms with Crippen LogP contribution in [0, 0.1) is 5.92 Å². The Bertz CT molecular complexity index is 775. The van der Waals surface area contributed by atoms with Crippen LogP contribution in [-0.4, -0.2) is 139 Å². The van der Waals surface area contributed by atoms with Crippen LogP contribution in [0.5, 0.6) is 0 Å². The summed E-state index contributed by atoms with van der Waals surface area (Å²) < 4.78 is 35.8. The van der Waals surface area contributed by atoms with Crippen LogP contribution in [0.25, 0.3) is 0 Å². The topological polar surface area (TPSA) is 266 Å². The third-order valence-electron chi connectivity index (χ3n) is 8.51. The van der Waals surface area contributed by atoms with Crippen molar-refractivity contribution < 1.29 is 48.8 Å². The molecule has 16 atom stereocenters. The molecule has 15 heteroatoms. The second-order valence-corrected chi connectivity index (χ2v) is 11.1. The molecule has 0 radical (unpaired) electrons. The van der Waals surface area contributed by atoms with Crippen LogP contribution in [-0.2, 0) is 28.4 Å². The van der Waals surface area contributed by atoms with Crippen LogP contribution in [0.2, 0.25) is 0 Å². The van der Waals surface area contributed by atoms with Gasteiger partial charge in [0.2, 0.25) is 0 Å². The monoisotopic (exact) mass is 565 g/mol. The van der Waals surface area contributed by atoms with Crippen LogP contribution in [0.3, 0.4) is 0 Å². The van der Waals surface area contributed by atoms with Gasteiger partial charge in [-0.25, -0.2) is 0 Å². The highest BCUT2D eigenvalue weighted by Crippen LogP contribution is 2.38. The molecule has 3 heterocycles. The lowest BCUT2D eigenvalue weighted by atomic mass is 9.72. The van der Waals surface area contributed by atoms with Crippen molar-refractivity contribution in [2.24, 2.45) is 34.6 Å². The van der Waals surface area contributed by atoms with E-state index < -0.39 is 92.1 Å². The second kappa shape index (κ2) is 13.6. The fourth-order valence-corrected chi connectivity index (χ4v) is 6.36. The zero-order chi connectivity index (χ0) is 28.4. The molecule has 0 aromatic rings. The number of rotatable bonds is 9. The van der Waals surface area contributed by atoms with E-state index in [9.17, 15) is 20.4 Å². The maximum atomic E-state index is 11.2. The van der Waals surface area contributed by atoms with Crippen molar-refractivity contribution in [3.05, 3.63) is 0 Å². The maximum absolute atomic E-state index is 11.2. The van der Waals surface area contributed by atoms with Crippen molar-refractivity contribution in [3.63, 3.8) is 0 Å². The fraction of sp³-hybridized carbons (Fsp3) is 1.00. The van der Waals surface area contributed by atoms with Gasteiger partial charge in [-0.3, -0.25) is 0 Å². The molecule has 39 heavy (non-hydrogen) atoms. The summed E-state index contributed by atoms with van der Waals surface area (Å²) in [6.07, 6.45) is -9.09. The Labute approximate surface area is 228 Å². The van der Waals surface area contributed by atoms with Crippen LogP contribution in [0.1, 0.15) is 25.7 Å². The number of aliphatic hydroxyl groups is 4. The number of hydrogen-bond acceptors (Lipinski definition) is 15. The van der Waals surface area contributed by atoms with E-state index in [1.807, 2.05) is 0 Å². The van der Waals surface area contributed by atoms with Gasteiger partial charge in [-0.2, -0.15) is 0 Å². The number of nitrogens with two attached hydrogens (primary N) is 5. The van der Waals surface area contributed by atoms with Gasteiger partial charge < -0.3 is 77.5 Å². The van der Waals surface area contributed by atoms with Crippen LogP contribution < -0.4 is 28.7 Å². The molecule has 0 bridgehead atoms. The van der Waals surface area contributed by atoms with Gasteiger partial charge in [-0.05, 0) is 19.3 Å². The molecule has 1 aliphatic carbocycles. The Hall–Kier alpha value is -0.600. The average molecular weight is 566 g/mol. The lowest BCUT2D eigenvalue weighted by Gasteiger charge is -2.50. The Morgan fingerprint density at radius 3 is 2.15 bits per heavy atom. The highest BCUT2D eigenvalue weighted by Gasteiger charge is 2.54. The first-order chi connectivity index (χ1) is 18.6. The summed E-state index contributed by atoms with van der Waals surface area (Å²) in [5.74, 6) is -0.453. The molecule has 3 saturated heterocycles. The Balaban J connectivity index is 1.52. The number of ether oxygens (including phenoxy) is 6. The molecule has 14 N–H and O–H groups in total. The average Bonchev–Trinajstić information content (AvgIpc) is 3.20. The SMILES string of the molecule is CO[C@H]1[C@H](N)C[C@H](N)C([C@H]2O[C@H](CN)CC[C@H]2N)[C@@H]1O[C@@H]1O[C@H](CO)[C@@H](O[C@@H]2C[C@@H](O)[C@H](O)[C@H](CN)O2)[C@H]1O. The molecule has 4 rings (SSSR count). The molecular weight excluding hydrogens is 518 g/mol. The number of methoxy groups -OCH3 is 1. The smallest absolute Gasteiger partial charge is 0.187 e. The first-order valence-electron chi connectivity index (χ1n) is 13.7. The first-order valence-corrected chi connectivity index (χ1v) is 13.7. The molecule has 15 nitrogen and oxygen atoms in total. The molecule has 1 unspecified atom stereocenters. The summed E-state index contributed by atoms with van der Waals surface area (Å²) in [6, 6.07) is -1.23. The molecular formula is C24H47N5O10. The zero-order valence-corrected chi connectivity index (χ0v) is 22.3. The minimum atomic E-state index is -1.36. The lowest BCUT2D eigenvalue weighted by Crippen LogP contribution is -2.67. The Kier molecular flexibility index (Phi) is 10.9. The van der Waals surface area contributed by atoms with E-state index in [4.69, 9.17) is 57.1 Å². The van der Waals surface area contributed by atoms with Gasteiger partial charge in [-0.15, -0.1) is 0 Å². The summed E-state index contributed by atoms with van der Waals surface area (Å²) in [5, 5.41) is 41.5. The van der Waals surface area contributed by atoms with Crippen molar-refractivity contribution in [1.29, 1.82) is 0 Å². The van der Waals surface area contributed by atoms with Gasteiger partial charge in [0, 0.05) is 50.7 Å². The normalized spacial score (nSPS) is 51.2. The van der Waals surface area contributed by atoms with E-state index in [0.29, 0.717) is 19.4 Å².